The van der Waals surface area contributed by atoms with E-state index in [-0.39, 0.29) is 0 Å². The fourth-order valence-corrected chi connectivity index (χ4v) is 2.88. The van der Waals surface area contributed by atoms with Crippen molar-refractivity contribution in [3.05, 3.63) is 53.1 Å². The lowest BCUT2D eigenvalue weighted by atomic mass is 9.99. The summed E-state index contributed by atoms with van der Waals surface area (Å²) in [4.78, 5) is 0. The number of allylic oxidation sites excluding steroid dienone is 4. The summed E-state index contributed by atoms with van der Waals surface area (Å²) in [6.45, 7) is 10.5. The van der Waals surface area contributed by atoms with Crippen molar-refractivity contribution in [1.82, 2.24) is 0 Å². The fourth-order valence-electron chi connectivity index (χ4n) is 2.88. The molecule has 1 aromatic rings. The van der Waals surface area contributed by atoms with Crippen LogP contribution in [-0.4, -0.2) is 13.7 Å². The van der Waals surface area contributed by atoms with E-state index in [1.165, 1.54) is 43.2 Å². The molecule has 0 spiro atoms. The van der Waals surface area contributed by atoms with Crippen LogP contribution in [0.25, 0.3) is 0 Å². The Balaban J connectivity index is 2.17. The van der Waals surface area contributed by atoms with Crippen LogP contribution in [0.5, 0.6) is 5.75 Å². The van der Waals surface area contributed by atoms with E-state index in [2.05, 4.69) is 52.0 Å². The molecule has 0 bridgehead atoms. The minimum Gasteiger partial charge on any atom is -0.497 e. The highest BCUT2D eigenvalue weighted by Gasteiger charge is 2.03. The fraction of sp³-hybridized carbons (Fsp3) is 0.583. The first-order chi connectivity index (χ1) is 12.5. The average molecular weight is 359 g/mol. The van der Waals surface area contributed by atoms with E-state index in [0.717, 1.165) is 18.8 Å². The van der Waals surface area contributed by atoms with Gasteiger partial charge >= 0.3 is 0 Å². The molecule has 0 aromatic heterocycles. The molecule has 0 amide bonds. The molecule has 0 saturated carbocycles. The lowest BCUT2D eigenvalue weighted by molar-refractivity contribution is 0.108. The first kappa shape index (κ1) is 22.5. The first-order valence-corrected chi connectivity index (χ1v) is 10.1. The van der Waals surface area contributed by atoms with Crippen molar-refractivity contribution < 1.29 is 9.47 Å². The number of ether oxygens (including phenoxy) is 2. The van der Waals surface area contributed by atoms with Crippen LogP contribution in [-0.2, 0) is 11.3 Å². The summed E-state index contributed by atoms with van der Waals surface area (Å²) in [6.07, 6.45) is 11.9. The second-order valence-electron chi connectivity index (χ2n) is 7.41. The Labute approximate surface area is 161 Å². The monoisotopic (exact) mass is 358 g/mol. The SMILES string of the molecule is CC/C(=C\CC[C@H](C)CCOCc1ccc(OC)cc1)CCC=C(C)C. The highest BCUT2D eigenvalue weighted by atomic mass is 16.5. The van der Waals surface area contributed by atoms with Gasteiger partial charge in [0.2, 0.25) is 0 Å². The molecule has 146 valence electrons. The normalized spacial score (nSPS) is 12.7. The zero-order valence-corrected chi connectivity index (χ0v) is 17.5. The third kappa shape index (κ3) is 10.5. The summed E-state index contributed by atoms with van der Waals surface area (Å²) in [6, 6.07) is 8.09. The quantitative estimate of drug-likeness (QED) is 0.276. The Morgan fingerprint density at radius 1 is 1.04 bits per heavy atom. The van der Waals surface area contributed by atoms with Crippen molar-refractivity contribution in [1.29, 1.82) is 0 Å². The highest BCUT2D eigenvalue weighted by Crippen LogP contribution is 2.17. The molecule has 0 heterocycles. The van der Waals surface area contributed by atoms with Crippen molar-refractivity contribution in [2.75, 3.05) is 13.7 Å². The predicted molar refractivity (Wildman–Crippen MR) is 113 cm³/mol. The number of methoxy groups -OCH3 is 1. The van der Waals surface area contributed by atoms with Gasteiger partial charge in [0.15, 0.2) is 0 Å². The number of benzene rings is 1. The molecule has 0 fully saturated rings. The van der Waals surface area contributed by atoms with Gasteiger partial charge in [0, 0.05) is 6.61 Å². The van der Waals surface area contributed by atoms with Crippen LogP contribution in [0, 0.1) is 5.92 Å². The Morgan fingerprint density at radius 2 is 1.77 bits per heavy atom. The maximum atomic E-state index is 5.83. The Hall–Kier alpha value is -1.54. The van der Waals surface area contributed by atoms with Crippen molar-refractivity contribution in [2.45, 2.75) is 72.8 Å². The van der Waals surface area contributed by atoms with E-state index in [1.807, 2.05) is 12.1 Å². The van der Waals surface area contributed by atoms with E-state index in [0.29, 0.717) is 12.5 Å². The van der Waals surface area contributed by atoms with Crippen molar-refractivity contribution in [3.8, 4) is 5.75 Å². The standard InChI is InChI=1S/C24H38O2/c1-6-22(11-7-9-20(2)3)12-8-10-21(4)17-18-26-19-23-13-15-24(25-5)16-14-23/h9,12-16,21H,6-8,10-11,17-19H2,1-5H3/b22-12+/t21-/m0/s1. The van der Waals surface area contributed by atoms with Gasteiger partial charge < -0.3 is 9.47 Å². The van der Waals surface area contributed by atoms with Gasteiger partial charge in [-0.2, -0.15) is 0 Å². The first-order valence-electron chi connectivity index (χ1n) is 10.1. The Bertz CT molecular complexity index is 536. The zero-order chi connectivity index (χ0) is 19.2. The maximum Gasteiger partial charge on any atom is 0.118 e. The third-order valence-corrected chi connectivity index (χ3v) is 4.75. The lowest BCUT2D eigenvalue weighted by Crippen LogP contribution is -2.02. The number of rotatable bonds is 13. The second-order valence-corrected chi connectivity index (χ2v) is 7.41. The van der Waals surface area contributed by atoms with Crippen LogP contribution in [0.4, 0.5) is 0 Å². The molecule has 26 heavy (non-hydrogen) atoms. The molecule has 1 rings (SSSR count). The number of hydrogen-bond donors (Lipinski definition) is 0. The topological polar surface area (TPSA) is 18.5 Å². The van der Waals surface area contributed by atoms with E-state index < -0.39 is 0 Å². The molecule has 1 aromatic carbocycles. The van der Waals surface area contributed by atoms with E-state index in [4.69, 9.17) is 9.47 Å². The molecule has 0 radical (unpaired) electrons. The molecule has 0 unspecified atom stereocenters. The minimum absolute atomic E-state index is 0.682. The summed E-state index contributed by atoms with van der Waals surface area (Å²) in [7, 11) is 1.69. The Kier molecular flexibility index (Phi) is 11.8. The van der Waals surface area contributed by atoms with Gasteiger partial charge in [0.05, 0.1) is 13.7 Å². The highest BCUT2D eigenvalue weighted by molar-refractivity contribution is 5.26. The van der Waals surface area contributed by atoms with Crippen molar-refractivity contribution >= 4 is 0 Å². The second kappa shape index (κ2) is 13.6. The largest absolute Gasteiger partial charge is 0.497 e. The van der Waals surface area contributed by atoms with Crippen LogP contribution >= 0.6 is 0 Å². The summed E-state index contributed by atoms with van der Waals surface area (Å²) >= 11 is 0. The van der Waals surface area contributed by atoms with Gasteiger partial charge in [0.1, 0.15) is 5.75 Å². The van der Waals surface area contributed by atoms with Crippen LogP contribution in [0.15, 0.2) is 47.6 Å². The molecule has 0 saturated heterocycles. The van der Waals surface area contributed by atoms with E-state index >= 15 is 0 Å². The number of hydrogen-bond acceptors (Lipinski definition) is 2. The van der Waals surface area contributed by atoms with Gasteiger partial charge in [-0.15, -0.1) is 0 Å². The molecular weight excluding hydrogens is 320 g/mol. The third-order valence-electron chi connectivity index (χ3n) is 4.75. The average Bonchev–Trinajstić information content (AvgIpc) is 2.64. The molecule has 2 heteroatoms. The van der Waals surface area contributed by atoms with E-state index in [1.54, 1.807) is 12.7 Å². The molecular formula is C24H38O2. The van der Waals surface area contributed by atoms with Gasteiger partial charge in [-0.05, 0) is 76.0 Å². The maximum absolute atomic E-state index is 5.83. The summed E-state index contributed by atoms with van der Waals surface area (Å²) in [5, 5.41) is 0. The van der Waals surface area contributed by atoms with Gasteiger partial charge in [0.25, 0.3) is 0 Å². The van der Waals surface area contributed by atoms with Crippen molar-refractivity contribution in [2.24, 2.45) is 5.92 Å². The minimum atomic E-state index is 0.682. The summed E-state index contributed by atoms with van der Waals surface area (Å²) in [5.74, 6) is 1.60. The van der Waals surface area contributed by atoms with Gasteiger partial charge in [-0.3, -0.25) is 0 Å². The van der Waals surface area contributed by atoms with Crippen molar-refractivity contribution in [3.63, 3.8) is 0 Å². The van der Waals surface area contributed by atoms with Crippen LogP contribution in [0.1, 0.15) is 71.8 Å². The molecule has 2 nitrogen and oxygen atoms in total. The van der Waals surface area contributed by atoms with Gasteiger partial charge in [-0.1, -0.05) is 49.3 Å². The molecule has 0 aliphatic heterocycles. The van der Waals surface area contributed by atoms with E-state index in [9.17, 15) is 0 Å². The molecule has 0 N–H and O–H groups in total. The summed E-state index contributed by atoms with van der Waals surface area (Å²) in [5.41, 5.74) is 4.22. The molecule has 1 atom stereocenters. The van der Waals surface area contributed by atoms with Crippen LogP contribution in [0.2, 0.25) is 0 Å². The Morgan fingerprint density at radius 3 is 2.38 bits per heavy atom. The van der Waals surface area contributed by atoms with Gasteiger partial charge in [-0.25, -0.2) is 0 Å². The van der Waals surface area contributed by atoms with Crippen LogP contribution < -0.4 is 4.74 Å². The smallest absolute Gasteiger partial charge is 0.118 e. The lowest BCUT2D eigenvalue weighted by Gasteiger charge is -2.11. The summed E-state index contributed by atoms with van der Waals surface area (Å²) < 4.78 is 11.0. The molecule has 0 aliphatic carbocycles. The zero-order valence-electron chi connectivity index (χ0n) is 17.5. The molecule has 0 aliphatic rings. The van der Waals surface area contributed by atoms with Crippen LogP contribution in [0.3, 0.4) is 0 Å². The predicted octanol–water partition coefficient (Wildman–Crippen LogP) is 7.10.